The largest absolute Gasteiger partial charge is 0.310 e. The van der Waals surface area contributed by atoms with Crippen molar-refractivity contribution >= 4 is 23.2 Å². The lowest BCUT2D eigenvalue weighted by Gasteiger charge is -2.18. The lowest BCUT2D eigenvalue weighted by Crippen LogP contribution is -2.22. The van der Waals surface area contributed by atoms with Crippen LogP contribution in [0.4, 0.5) is 0 Å². The first-order valence-corrected chi connectivity index (χ1v) is 6.73. The van der Waals surface area contributed by atoms with E-state index in [1.807, 2.05) is 24.3 Å². The Bertz CT molecular complexity index is 363. The highest BCUT2D eigenvalue weighted by atomic mass is 35.5. The van der Waals surface area contributed by atoms with Gasteiger partial charge in [0.15, 0.2) is 0 Å². The fraction of sp³-hybridized carbons (Fsp3) is 0.429. The van der Waals surface area contributed by atoms with E-state index in [0.717, 1.165) is 25.8 Å². The van der Waals surface area contributed by atoms with Gasteiger partial charge in [-0.1, -0.05) is 42.3 Å². The predicted octanol–water partition coefficient (Wildman–Crippen LogP) is 5.00. The summed E-state index contributed by atoms with van der Waals surface area (Å²) >= 11 is 12.0. The fourth-order valence-corrected chi connectivity index (χ4v) is 2.03. The molecule has 3 heteroatoms. The first-order chi connectivity index (χ1) is 8.19. The summed E-state index contributed by atoms with van der Waals surface area (Å²) < 4.78 is 0. The Morgan fingerprint density at radius 3 is 2.71 bits per heavy atom. The van der Waals surface area contributed by atoms with Gasteiger partial charge in [0.2, 0.25) is 0 Å². The Morgan fingerprint density at radius 1 is 1.35 bits per heavy atom. The third-order valence-electron chi connectivity index (χ3n) is 2.65. The summed E-state index contributed by atoms with van der Waals surface area (Å²) in [5, 5.41) is 4.74. The Labute approximate surface area is 114 Å². The van der Waals surface area contributed by atoms with Crippen molar-refractivity contribution in [3.8, 4) is 0 Å². The average Bonchev–Trinajstić information content (AvgIpc) is 2.33. The fourth-order valence-electron chi connectivity index (χ4n) is 1.72. The van der Waals surface area contributed by atoms with Gasteiger partial charge >= 0.3 is 0 Å². The van der Waals surface area contributed by atoms with E-state index in [0.29, 0.717) is 16.1 Å². The zero-order valence-electron chi connectivity index (χ0n) is 10.2. The number of benzene rings is 1. The molecule has 0 saturated carbocycles. The molecule has 0 spiro atoms. The molecule has 0 fully saturated rings. The first kappa shape index (κ1) is 14.6. The highest BCUT2D eigenvalue weighted by Crippen LogP contribution is 2.27. The monoisotopic (exact) mass is 271 g/mol. The molecule has 0 aromatic heterocycles. The van der Waals surface area contributed by atoms with Crippen LogP contribution in [0.1, 0.15) is 37.8 Å². The van der Waals surface area contributed by atoms with Crippen molar-refractivity contribution in [2.24, 2.45) is 0 Å². The maximum Gasteiger partial charge on any atom is 0.0595 e. The molecule has 0 aliphatic rings. The number of nitrogens with one attached hydrogen (secondary N) is 1. The van der Waals surface area contributed by atoms with Gasteiger partial charge in [-0.2, -0.15) is 0 Å². The summed E-state index contributed by atoms with van der Waals surface area (Å²) in [7, 11) is 0. The molecule has 0 aliphatic carbocycles. The second-order valence-corrected chi connectivity index (χ2v) is 4.86. The second kappa shape index (κ2) is 7.75. The topological polar surface area (TPSA) is 12.0 Å². The SMILES string of the molecule is C=CCCC(NCCC)c1ccc(Cl)c(Cl)c1. The van der Waals surface area contributed by atoms with E-state index in [2.05, 4.69) is 18.8 Å². The van der Waals surface area contributed by atoms with Crippen LogP contribution in [0.3, 0.4) is 0 Å². The van der Waals surface area contributed by atoms with Crippen LogP contribution in [0, 0.1) is 0 Å². The van der Waals surface area contributed by atoms with Crippen molar-refractivity contribution in [2.45, 2.75) is 32.2 Å². The van der Waals surface area contributed by atoms with Crippen LogP contribution in [0.15, 0.2) is 30.9 Å². The molecule has 1 atom stereocenters. The molecule has 1 unspecified atom stereocenters. The van der Waals surface area contributed by atoms with Gasteiger partial charge in [-0.25, -0.2) is 0 Å². The van der Waals surface area contributed by atoms with Gasteiger partial charge in [-0.15, -0.1) is 6.58 Å². The highest BCUT2D eigenvalue weighted by Gasteiger charge is 2.11. The van der Waals surface area contributed by atoms with Gasteiger partial charge in [0, 0.05) is 6.04 Å². The molecule has 1 N–H and O–H groups in total. The van der Waals surface area contributed by atoms with Crippen molar-refractivity contribution in [1.82, 2.24) is 5.32 Å². The van der Waals surface area contributed by atoms with E-state index < -0.39 is 0 Å². The zero-order valence-corrected chi connectivity index (χ0v) is 11.7. The van der Waals surface area contributed by atoms with Crippen LogP contribution < -0.4 is 5.32 Å². The molecule has 0 amide bonds. The molecule has 1 rings (SSSR count). The molecule has 0 heterocycles. The summed E-state index contributed by atoms with van der Waals surface area (Å²) in [6.45, 7) is 6.92. The minimum absolute atomic E-state index is 0.322. The zero-order chi connectivity index (χ0) is 12.7. The third-order valence-corrected chi connectivity index (χ3v) is 3.39. The highest BCUT2D eigenvalue weighted by molar-refractivity contribution is 6.42. The van der Waals surface area contributed by atoms with E-state index in [9.17, 15) is 0 Å². The smallest absolute Gasteiger partial charge is 0.0595 e. The molecule has 0 aliphatic heterocycles. The summed E-state index contributed by atoms with van der Waals surface area (Å²) in [6, 6.07) is 6.15. The molecule has 1 aromatic carbocycles. The third kappa shape index (κ3) is 4.71. The molecule has 94 valence electrons. The quantitative estimate of drug-likeness (QED) is 0.689. The van der Waals surface area contributed by atoms with E-state index in [1.54, 1.807) is 0 Å². The minimum atomic E-state index is 0.322. The summed E-state index contributed by atoms with van der Waals surface area (Å²) in [5.74, 6) is 0. The summed E-state index contributed by atoms with van der Waals surface area (Å²) in [6.07, 6.45) is 5.08. The molecule has 0 saturated heterocycles. The van der Waals surface area contributed by atoms with Crippen molar-refractivity contribution in [2.75, 3.05) is 6.54 Å². The van der Waals surface area contributed by atoms with Crippen molar-refractivity contribution in [3.05, 3.63) is 46.5 Å². The predicted molar refractivity (Wildman–Crippen MR) is 76.9 cm³/mol. The Balaban J connectivity index is 2.78. The number of allylic oxidation sites excluding steroid dienone is 1. The Kier molecular flexibility index (Phi) is 6.64. The van der Waals surface area contributed by atoms with Crippen LogP contribution in [0.25, 0.3) is 0 Å². The lowest BCUT2D eigenvalue weighted by molar-refractivity contribution is 0.503. The number of halogens is 2. The van der Waals surface area contributed by atoms with Crippen LogP contribution in [-0.4, -0.2) is 6.54 Å². The van der Waals surface area contributed by atoms with E-state index in [-0.39, 0.29) is 0 Å². The standard InChI is InChI=1S/C14H19Cl2N/c1-3-5-6-14(17-9-4-2)11-7-8-12(15)13(16)10-11/h3,7-8,10,14,17H,1,4-6,9H2,2H3. The minimum Gasteiger partial charge on any atom is -0.310 e. The normalized spacial score (nSPS) is 12.4. The molecule has 0 bridgehead atoms. The van der Waals surface area contributed by atoms with Crippen LogP contribution in [0.5, 0.6) is 0 Å². The molecule has 17 heavy (non-hydrogen) atoms. The second-order valence-electron chi connectivity index (χ2n) is 4.05. The van der Waals surface area contributed by atoms with Gasteiger partial charge < -0.3 is 5.32 Å². The first-order valence-electron chi connectivity index (χ1n) is 5.98. The average molecular weight is 272 g/mol. The van der Waals surface area contributed by atoms with Gasteiger partial charge in [0.05, 0.1) is 10.0 Å². The van der Waals surface area contributed by atoms with Gasteiger partial charge in [0.1, 0.15) is 0 Å². The molecular formula is C14H19Cl2N. The van der Waals surface area contributed by atoms with Crippen molar-refractivity contribution in [1.29, 1.82) is 0 Å². The van der Waals surface area contributed by atoms with Gasteiger partial charge in [-0.05, 0) is 43.5 Å². The molecule has 1 nitrogen and oxygen atoms in total. The Hall–Kier alpha value is -0.500. The van der Waals surface area contributed by atoms with Crippen molar-refractivity contribution in [3.63, 3.8) is 0 Å². The molecule has 0 radical (unpaired) electrons. The number of hydrogen-bond donors (Lipinski definition) is 1. The van der Waals surface area contributed by atoms with E-state index >= 15 is 0 Å². The maximum absolute atomic E-state index is 6.05. The van der Waals surface area contributed by atoms with Gasteiger partial charge in [-0.3, -0.25) is 0 Å². The lowest BCUT2D eigenvalue weighted by atomic mass is 10.0. The van der Waals surface area contributed by atoms with Crippen LogP contribution in [0.2, 0.25) is 10.0 Å². The number of rotatable bonds is 7. The number of hydrogen-bond acceptors (Lipinski definition) is 1. The molecular weight excluding hydrogens is 253 g/mol. The maximum atomic E-state index is 6.05. The van der Waals surface area contributed by atoms with E-state index in [1.165, 1.54) is 5.56 Å². The summed E-state index contributed by atoms with van der Waals surface area (Å²) in [5.41, 5.74) is 1.19. The Morgan fingerprint density at radius 2 is 2.12 bits per heavy atom. The van der Waals surface area contributed by atoms with E-state index in [4.69, 9.17) is 23.2 Å². The summed E-state index contributed by atoms with van der Waals surface area (Å²) in [4.78, 5) is 0. The van der Waals surface area contributed by atoms with Crippen LogP contribution in [-0.2, 0) is 0 Å². The van der Waals surface area contributed by atoms with Crippen LogP contribution >= 0.6 is 23.2 Å². The molecule has 1 aromatic rings. The van der Waals surface area contributed by atoms with Gasteiger partial charge in [0.25, 0.3) is 0 Å². The van der Waals surface area contributed by atoms with Crippen molar-refractivity contribution < 1.29 is 0 Å².